The van der Waals surface area contributed by atoms with E-state index in [1.165, 1.54) is 0 Å². The number of carbonyl (C=O) groups excluding carboxylic acids is 2. The van der Waals surface area contributed by atoms with Gasteiger partial charge in [0.2, 0.25) is 11.7 Å². The number of hydrogen-bond acceptors (Lipinski definition) is 2. The minimum atomic E-state index is -0.132. The van der Waals surface area contributed by atoms with Crippen molar-refractivity contribution in [1.29, 1.82) is 0 Å². The molecule has 2 rings (SSSR count). The molecule has 0 aromatic heterocycles. The second-order valence-corrected chi connectivity index (χ2v) is 4.12. The maximum atomic E-state index is 11.9. The van der Waals surface area contributed by atoms with Crippen LogP contribution in [0, 0.1) is 5.92 Å². The number of benzene rings is 1. The molecule has 1 aliphatic rings. The molecule has 0 radical (unpaired) electrons. The predicted octanol–water partition coefficient (Wildman–Crippen LogP) is 2.00. The van der Waals surface area contributed by atoms with Crippen molar-refractivity contribution in [2.24, 2.45) is 5.92 Å². The molecule has 0 fully saturated rings. The van der Waals surface area contributed by atoms with Crippen molar-refractivity contribution in [3.63, 3.8) is 0 Å². The highest BCUT2D eigenvalue weighted by atomic mass is 16.2. The molecule has 1 aromatic carbocycles. The first-order valence-corrected chi connectivity index (χ1v) is 5.26. The number of nitrogens with one attached hydrogen (secondary N) is 1. The Morgan fingerprint density at radius 2 is 1.94 bits per heavy atom. The molecule has 0 atom stereocenters. The molecule has 1 aliphatic carbocycles. The Morgan fingerprint density at radius 1 is 1.25 bits per heavy atom. The molecule has 1 N–H and O–H groups in total. The zero-order chi connectivity index (χ0) is 11.7. The van der Waals surface area contributed by atoms with E-state index in [4.69, 9.17) is 0 Å². The minimum absolute atomic E-state index is 0.107. The Morgan fingerprint density at radius 3 is 2.56 bits per heavy atom. The largest absolute Gasteiger partial charge is 0.323 e. The summed E-state index contributed by atoms with van der Waals surface area (Å²) in [7, 11) is 0. The van der Waals surface area contributed by atoms with Crippen molar-refractivity contribution >= 4 is 17.8 Å². The number of amides is 1. The lowest BCUT2D eigenvalue weighted by molar-refractivity contribution is -0.123. The van der Waals surface area contributed by atoms with Gasteiger partial charge in [0.05, 0.1) is 5.70 Å². The van der Waals surface area contributed by atoms with E-state index in [0.717, 1.165) is 5.56 Å². The number of allylic oxidation sites excluding steroid dienone is 1. The van der Waals surface area contributed by atoms with Crippen LogP contribution in [-0.4, -0.2) is 11.7 Å². The van der Waals surface area contributed by atoms with Gasteiger partial charge in [0.25, 0.3) is 0 Å². The zero-order valence-electron chi connectivity index (χ0n) is 9.28. The first-order chi connectivity index (χ1) is 7.59. The number of hydrogen-bond donors (Lipinski definition) is 1. The van der Waals surface area contributed by atoms with Crippen LogP contribution in [0.2, 0.25) is 0 Å². The summed E-state index contributed by atoms with van der Waals surface area (Å²) in [4.78, 5) is 23.4. The molecular formula is C13H13NO2. The van der Waals surface area contributed by atoms with Crippen LogP contribution in [0.15, 0.2) is 30.0 Å². The third-order valence-electron chi connectivity index (χ3n) is 2.53. The van der Waals surface area contributed by atoms with Crippen LogP contribution in [0.3, 0.4) is 0 Å². The highest BCUT2D eigenvalue weighted by Crippen LogP contribution is 2.23. The van der Waals surface area contributed by atoms with Crippen LogP contribution in [0.4, 0.5) is 0 Å². The van der Waals surface area contributed by atoms with Crippen molar-refractivity contribution < 1.29 is 9.59 Å². The van der Waals surface area contributed by atoms with Gasteiger partial charge in [0.1, 0.15) is 0 Å². The third-order valence-corrected chi connectivity index (χ3v) is 2.53. The summed E-state index contributed by atoms with van der Waals surface area (Å²) in [5, 5.41) is 2.65. The molecule has 0 saturated heterocycles. The van der Waals surface area contributed by atoms with E-state index in [-0.39, 0.29) is 17.6 Å². The minimum Gasteiger partial charge on any atom is -0.323 e. The number of rotatable bonds is 2. The normalized spacial score (nSPS) is 13.7. The molecule has 82 valence electrons. The number of Topliss-reactive ketones (excluding diaryl/α,β-unsaturated/α-hetero) is 1. The van der Waals surface area contributed by atoms with Crippen LogP contribution < -0.4 is 5.32 Å². The fourth-order valence-electron chi connectivity index (χ4n) is 1.57. The second kappa shape index (κ2) is 3.93. The van der Waals surface area contributed by atoms with Crippen LogP contribution >= 0.6 is 0 Å². The van der Waals surface area contributed by atoms with Gasteiger partial charge < -0.3 is 5.32 Å². The van der Waals surface area contributed by atoms with Gasteiger partial charge in [-0.25, -0.2) is 0 Å². The van der Waals surface area contributed by atoms with E-state index in [2.05, 4.69) is 5.32 Å². The molecule has 1 aromatic rings. The van der Waals surface area contributed by atoms with Crippen molar-refractivity contribution in [3.05, 3.63) is 41.1 Å². The molecule has 3 heteroatoms. The monoisotopic (exact) mass is 215 g/mol. The molecule has 0 bridgehead atoms. The van der Waals surface area contributed by atoms with E-state index in [1.807, 2.05) is 18.2 Å². The van der Waals surface area contributed by atoms with Gasteiger partial charge >= 0.3 is 0 Å². The van der Waals surface area contributed by atoms with E-state index in [0.29, 0.717) is 11.3 Å². The molecule has 0 spiro atoms. The number of fused-ring (bicyclic) bond motifs is 1. The smallest absolute Gasteiger partial charge is 0.227 e. The molecule has 16 heavy (non-hydrogen) atoms. The summed E-state index contributed by atoms with van der Waals surface area (Å²) in [5.41, 5.74) is 1.90. The molecule has 0 saturated carbocycles. The Kier molecular flexibility index (Phi) is 2.60. The zero-order valence-corrected chi connectivity index (χ0v) is 9.28. The van der Waals surface area contributed by atoms with Crippen molar-refractivity contribution in [1.82, 2.24) is 5.32 Å². The Labute approximate surface area is 94.2 Å². The SMILES string of the molecule is CC(C)C(=O)NC1=Cc2ccccc2C1=O. The molecule has 0 unspecified atom stereocenters. The summed E-state index contributed by atoms with van der Waals surface area (Å²) in [5.74, 6) is -0.366. The van der Waals surface area contributed by atoms with Crippen molar-refractivity contribution in [2.45, 2.75) is 13.8 Å². The molecule has 0 heterocycles. The lowest BCUT2D eigenvalue weighted by atomic mass is 10.1. The van der Waals surface area contributed by atoms with Gasteiger partial charge in [0, 0.05) is 11.5 Å². The van der Waals surface area contributed by atoms with E-state index in [1.54, 1.807) is 26.0 Å². The van der Waals surface area contributed by atoms with Crippen LogP contribution in [0.5, 0.6) is 0 Å². The summed E-state index contributed by atoms with van der Waals surface area (Å²) in [6.07, 6.45) is 1.72. The quantitative estimate of drug-likeness (QED) is 0.820. The maximum absolute atomic E-state index is 11.9. The van der Waals surface area contributed by atoms with E-state index < -0.39 is 0 Å². The van der Waals surface area contributed by atoms with Crippen LogP contribution in [-0.2, 0) is 4.79 Å². The molecular weight excluding hydrogens is 202 g/mol. The van der Waals surface area contributed by atoms with Gasteiger partial charge in [-0.2, -0.15) is 0 Å². The summed E-state index contributed by atoms with van der Waals surface area (Å²) < 4.78 is 0. The summed E-state index contributed by atoms with van der Waals surface area (Å²) in [6.45, 7) is 3.59. The van der Waals surface area contributed by atoms with Gasteiger partial charge in [-0.15, -0.1) is 0 Å². The van der Waals surface area contributed by atoms with E-state index >= 15 is 0 Å². The van der Waals surface area contributed by atoms with Gasteiger partial charge in [-0.05, 0) is 11.6 Å². The number of carbonyl (C=O) groups is 2. The van der Waals surface area contributed by atoms with Crippen molar-refractivity contribution in [2.75, 3.05) is 0 Å². The third kappa shape index (κ3) is 1.76. The average Bonchev–Trinajstić information content (AvgIpc) is 2.56. The standard InChI is InChI=1S/C13H13NO2/c1-8(2)13(16)14-11-7-9-5-3-4-6-10(9)12(11)15/h3-8H,1-2H3,(H,14,15,16). The van der Waals surface area contributed by atoms with Gasteiger partial charge in [0.15, 0.2) is 0 Å². The lowest BCUT2D eigenvalue weighted by Gasteiger charge is -2.06. The molecule has 1 amide bonds. The van der Waals surface area contributed by atoms with Gasteiger partial charge in [-0.3, -0.25) is 9.59 Å². The van der Waals surface area contributed by atoms with E-state index in [9.17, 15) is 9.59 Å². The molecule has 3 nitrogen and oxygen atoms in total. The topological polar surface area (TPSA) is 46.2 Å². The Balaban J connectivity index is 2.23. The fourth-order valence-corrected chi connectivity index (χ4v) is 1.57. The number of ketones is 1. The lowest BCUT2D eigenvalue weighted by Crippen LogP contribution is -2.29. The van der Waals surface area contributed by atoms with Gasteiger partial charge in [-0.1, -0.05) is 38.1 Å². The van der Waals surface area contributed by atoms with Crippen LogP contribution in [0.25, 0.3) is 6.08 Å². The highest BCUT2D eigenvalue weighted by Gasteiger charge is 2.23. The summed E-state index contributed by atoms with van der Waals surface area (Å²) in [6, 6.07) is 7.32. The predicted molar refractivity (Wildman–Crippen MR) is 61.7 cm³/mol. The Hall–Kier alpha value is -1.90. The average molecular weight is 215 g/mol. The maximum Gasteiger partial charge on any atom is 0.227 e. The first-order valence-electron chi connectivity index (χ1n) is 5.26. The van der Waals surface area contributed by atoms with Crippen LogP contribution in [0.1, 0.15) is 29.8 Å². The molecule has 0 aliphatic heterocycles. The fraction of sp³-hybridized carbons (Fsp3) is 0.231. The second-order valence-electron chi connectivity index (χ2n) is 4.12. The summed E-state index contributed by atoms with van der Waals surface area (Å²) >= 11 is 0. The first kappa shape index (κ1) is 10.6. The highest BCUT2D eigenvalue weighted by molar-refractivity contribution is 6.18. The van der Waals surface area contributed by atoms with Crippen molar-refractivity contribution in [3.8, 4) is 0 Å². The Bertz CT molecular complexity index is 486.